The van der Waals surface area contributed by atoms with Crippen LogP contribution in [0.5, 0.6) is 0 Å². The number of benzene rings is 1. The van der Waals surface area contributed by atoms with E-state index in [1.165, 1.54) is 0 Å². The van der Waals surface area contributed by atoms with Crippen molar-refractivity contribution in [1.82, 2.24) is 5.16 Å². The summed E-state index contributed by atoms with van der Waals surface area (Å²) in [6.07, 6.45) is 0.0961. The van der Waals surface area contributed by atoms with Gasteiger partial charge in [0.2, 0.25) is 0 Å². The molecule has 1 heterocycles. The third kappa shape index (κ3) is 1.78. The van der Waals surface area contributed by atoms with Gasteiger partial charge in [0.15, 0.2) is 5.58 Å². The maximum absolute atomic E-state index is 10.7. The molecule has 0 saturated carbocycles. The molecule has 0 aliphatic heterocycles. The van der Waals surface area contributed by atoms with Gasteiger partial charge in [0.05, 0.1) is 12.1 Å². The van der Waals surface area contributed by atoms with Crippen LogP contribution in [0.25, 0.3) is 11.0 Å². The van der Waals surface area contributed by atoms with Gasteiger partial charge in [0.1, 0.15) is 0 Å². The highest BCUT2D eigenvalue weighted by Crippen LogP contribution is 2.29. The van der Waals surface area contributed by atoms with E-state index in [0.29, 0.717) is 5.58 Å². The third-order valence-corrected chi connectivity index (χ3v) is 2.72. The Morgan fingerprint density at radius 3 is 3.00 bits per heavy atom. The normalized spacial score (nSPS) is 12.9. The van der Waals surface area contributed by atoms with Crippen molar-refractivity contribution in [3.63, 3.8) is 0 Å². The molecule has 16 heavy (non-hydrogen) atoms. The number of carboxylic acid groups (broad SMARTS) is 1. The highest BCUT2D eigenvalue weighted by Gasteiger charge is 2.16. The van der Waals surface area contributed by atoms with Gasteiger partial charge in [-0.25, -0.2) is 0 Å². The molecule has 0 radical (unpaired) electrons. The highest BCUT2D eigenvalue weighted by molar-refractivity contribution is 5.83. The summed E-state index contributed by atoms with van der Waals surface area (Å²) in [5.74, 6) is -0.880. The molecule has 4 nitrogen and oxygen atoms in total. The first-order valence-electron chi connectivity index (χ1n) is 5.16. The number of hydrogen-bond acceptors (Lipinski definition) is 3. The highest BCUT2D eigenvalue weighted by atomic mass is 16.5. The number of carbonyl (C=O) groups is 1. The summed E-state index contributed by atoms with van der Waals surface area (Å²) >= 11 is 0. The second kappa shape index (κ2) is 3.96. The lowest BCUT2D eigenvalue weighted by Crippen LogP contribution is -2.02. The molecule has 0 amide bonds. The van der Waals surface area contributed by atoms with Crippen molar-refractivity contribution in [3.8, 4) is 0 Å². The predicted molar refractivity (Wildman–Crippen MR) is 59.4 cm³/mol. The summed E-state index contributed by atoms with van der Waals surface area (Å²) < 4.78 is 5.24. The van der Waals surface area contributed by atoms with E-state index in [0.717, 1.165) is 16.6 Å². The standard InChI is InChI=1S/C12H13NO3/c1-7(6-11(14)15)9-4-3-5-10-8(2)13-16-12(9)10/h3-5,7H,6H2,1-2H3,(H,14,15). The van der Waals surface area contributed by atoms with Crippen LogP contribution in [0.3, 0.4) is 0 Å². The van der Waals surface area contributed by atoms with Gasteiger partial charge < -0.3 is 9.63 Å². The van der Waals surface area contributed by atoms with Crippen molar-refractivity contribution in [2.75, 3.05) is 0 Å². The molecule has 0 fully saturated rings. The van der Waals surface area contributed by atoms with E-state index in [4.69, 9.17) is 9.63 Å². The van der Waals surface area contributed by atoms with Crippen LogP contribution >= 0.6 is 0 Å². The zero-order chi connectivity index (χ0) is 11.7. The first-order valence-corrected chi connectivity index (χ1v) is 5.16. The Hall–Kier alpha value is -1.84. The number of nitrogens with zero attached hydrogens (tertiary/aromatic N) is 1. The van der Waals surface area contributed by atoms with Gasteiger partial charge in [-0.05, 0) is 18.9 Å². The second-order valence-corrected chi connectivity index (χ2v) is 3.99. The van der Waals surface area contributed by atoms with Crippen LogP contribution in [0, 0.1) is 6.92 Å². The molecule has 0 saturated heterocycles. The second-order valence-electron chi connectivity index (χ2n) is 3.99. The maximum Gasteiger partial charge on any atom is 0.303 e. The Bertz CT molecular complexity index is 530. The Kier molecular flexibility index (Phi) is 2.64. The maximum atomic E-state index is 10.7. The number of aromatic nitrogens is 1. The fourth-order valence-electron chi connectivity index (χ4n) is 1.86. The Labute approximate surface area is 92.9 Å². The summed E-state index contributed by atoms with van der Waals surface area (Å²) in [5, 5.41) is 13.6. The lowest BCUT2D eigenvalue weighted by atomic mass is 9.96. The number of aryl methyl sites for hydroxylation is 1. The molecule has 2 rings (SSSR count). The lowest BCUT2D eigenvalue weighted by molar-refractivity contribution is -0.137. The Morgan fingerprint density at radius 1 is 1.56 bits per heavy atom. The fraction of sp³-hybridized carbons (Fsp3) is 0.333. The third-order valence-electron chi connectivity index (χ3n) is 2.72. The van der Waals surface area contributed by atoms with Gasteiger partial charge in [0, 0.05) is 10.9 Å². The molecule has 0 aliphatic rings. The van der Waals surface area contributed by atoms with E-state index in [1.54, 1.807) is 0 Å². The average Bonchev–Trinajstić information content (AvgIpc) is 2.59. The van der Waals surface area contributed by atoms with Crippen LogP contribution in [0.1, 0.15) is 30.5 Å². The molecule has 1 aromatic carbocycles. The smallest absolute Gasteiger partial charge is 0.303 e. The predicted octanol–water partition coefficient (Wildman–Crippen LogP) is 2.71. The number of hydrogen-bond donors (Lipinski definition) is 1. The van der Waals surface area contributed by atoms with Crippen LogP contribution in [0.2, 0.25) is 0 Å². The number of carboxylic acids is 1. The molecule has 1 N–H and O–H groups in total. The van der Waals surface area contributed by atoms with Crippen molar-refractivity contribution in [2.24, 2.45) is 0 Å². The Balaban J connectivity index is 2.48. The van der Waals surface area contributed by atoms with E-state index in [2.05, 4.69) is 5.16 Å². The van der Waals surface area contributed by atoms with E-state index in [9.17, 15) is 4.79 Å². The largest absolute Gasteiger partial charge is 0.481 e. The number of para-hydroxylation sites is 1. The van der Waals surface area contributed by atoms with Crippen LogP contribution < -0.4 is 0 Å². The van der Waals surface area contributed by atoms with Crippen molar-refractivity contribution in [1.29, 1.82) is 0 Å². The van der Waals surface area contributed by atoms with Crippen LogP contribution in [0.4, 0.5) is 0 Å². The van der Waals surface area contributed by atoms with Crippen LogP contribution in [-0.4, -0.2) is 16.2 Å². The SMILES string of the molecule is Cc1noc2c(C(C)CC(=O)O)cccc12. The first kappa shape index (κ1) is 10.7. The quantitative estimate of drug-likeness (QED) is 0.862. The van der Waals surface area contributed by atoms with Crippen molar-refractivity contribution >= 4 is 16.9 Å². The van der Waals surface area contributed by atoms with Crippen LogP contribution in [-0.2, 0) is 4.79 Å². The van der Waals surface area contributed by atoms with Gasteiger partial charge in [-0.15, -0.1) is 0 Å². The van der Waals surface area contributed by atoms with Gasteiger partial charge in [-0.3, -0.25) is 4.79 Å². The fourth-order valence-corrected chi connectivity index (χ4v) is 1.86. The van der Waals surface area contributed by atoms with Gasteiger partial charge in [-0.1, -0.05) is 24.2 Å². The van der Waals surface area contributed by atoms with E-state index in [-0.39, 0.29) is 12.3 Å². The summed E-state index contributed by atoms with van der Waals surface area (Å²) in [5.41, 5.74) is 2.44. The minimum absolute atomic E-state index is 0.0754. The van der Waals surface area contributed by atoms with E-state index < -0.39 is 5.97 Å². The summed E-state index contributed by atoms with van der Waals surface area (Å²) in [4.78, 5) is 10.7. The number of fused-ring (bicyclic) bond motifs is 1. The number of rotatable bonds is 3. The zero-order valence-electron chi connectivity index (χ0n) is 9.23. The van der Waals surface area contributed by atoms with Crippen molar-refractivity contribution < 1.29 is 14.4 Å². The zero-order valence-corrected chi connectivity index (χ0v) is 9.23. The molecule has 1 unspecified atom stereocenters. The molecule has 1 atom stereocenters. The molecular weight excluding hydrogens is 206 g/mol. The molecule has 1 aromatic heterocycles. The number of aliphatic carboxylic acids is 1. The monoisotopic (exact) mass is 219 g/mol. The molecule has 0 bridgehead atoms. The van der Waals surface area contributed by atoms with Crippen molar-refractivity contribution in [2.45, 2.75) is 26.2 Å². The van der Waals surface area contributed by atoms with Gasteiger partial charge >= 0.3 is 5.97 Å². The topological polar surface area (TPSA) is 63.3 Å². The summed E-state index contributed by atoms with van der Waals surface area (Å²) in [6, 6.07) is 5.72. The molecular formula is C12H13NO3. The lowest BCUT2D eigenvalue weighted by Gasteiger charge is -2.08. The van der Waals surface area contributed by atoms with Gasteiger partial charge in [0.25, 0.3) is 0 Å². The minimum Gasteiger partial charge on any atom is -0.481 e. The molecule has 84 valence electrons. The molecule has 2 aromatic rings. The molecule has 4 heteroatoms. The van der Waals surface area contributed by atoms with E-state index >= 15 is 0 Å². The minimum atomic E-state index is -0.805. The molecule has 0 aliphatic carbocycles. The van der Waals surface area contributed by atoms with Crippen molar-refractivity contribution in [3.05, 3.63) is 29.5 Å². The Morgan fingerprint density at radius 2 is 2.31 bits per heavy atom. The molecule has 0 spiro atoms. The van der Waals surface area contributed by atoms with Gasteiger partial charge in [-0.2, -0.15) is 0 Å². The first-order chi connectivity index (χ1) is 7.59. The van der Waals surface area contributed by atoms with Crippen LogP contribution in [0.15, 0.2) is 22.7 Å². The van der Waals surface area contributed by atoms with E-state index in [1.807, 2.05) is 32.0 Å². The summed E-state index contributed by atoms with van der Waals surface area (Å²) in [7, 11) is 0. The average molecular weight is 219 g/mol. The summed E-state index contributed by atoms with van der Waals surface area (Å²) in [6.45, 7) is 3.75.